The number of methoxy groups -OCH3 is 1. The number of hydrogen-bond donors (Lipinski definition) is 0. The maximum Gasteiger partial charge on any atom is 0.265 e. The van der Waals surface area contributed by atoms with Gasteiger partial charge in [-0.05, 0) is 61.7 Å². The summed E-state index contributed by atoms with van der Waals surface area (Å²) in [5, 5.41) is 0. The Morgan fingerprint density at radius 3 is 2.16 bits per heavy atom. The van der Waals surface area contributed by atoms with Crippen LogP contribution >= 0.6 is 0 Å². The molecule has 0 radical (unpaired) electrons. The summed E-state index contributed by atoms with van der Waals surface area (Å²) < 4.78 is 11.0. The Bertz CT molecular complexity index is 1060. The third-order valence-corrected chi connectivity index (χ3v) is 6.21. The fraction of sp³-hybridized carbons (Fsp3) is 0.296. The molecule has 3 aromatic rings. The van der Waals surface area contributed by atoms with Crippen LogP contribution in [-0.2, 0) is 10.2 Å². The Morgan fingerprint density at radius 1 is 0.871 bits per heavy atom. The van der Waals surface area contributed by atoms with Crippen LogP contribution in [0, 0.1) is 0 Å². The summed E-state index contributed by atoms with van der Waals surface area (Å²) in [6.07, 6.45) is 0.815. The molecule has 1 unspecified atom stereocenters. The third-order valence-electron chi connectivity index (χ3n) is 6.21. The van der Waals surface area contributed by atoms with Crippen molar-refractivity contribution >= 4 is 11.6 Å². The SMILES string of the molecule is COc1ccc(OCC(=O)N2c3ccccc3C(C)(c3ccccc3)CC2(C)C)cc1. The lowest BCUT2D eigenvalue weighted by Gasteiger charge is -2.51. The van der Waals surface area contributed by atoms with E-state index in [0.29, 0.717) is 5.75 Å². The molecule has 1 amide bonds. The minimum atomic E-state index is -0.376. The summed E-state index contributed by atoms with van der Waals surface area (Å²) in [7, 11) is 1.62. The van der Waals surface area contributed by atoms with Crippen LogP contribution in [0.5, 0.6) is 11.5 Å². The van der Waals surface area contributed by atoms with Gasteiger partial charge in [0.2, 0.25) is 0 Å². The number of nitrogens with zero attached hydrogens (tertiary/aromatic N) is 1. The van der Waals surface area contributed by atoms with Gasteiger partial charge in [-0.15, -0.1) is 0 Å². The normalized spacial score (nSPS) is 19.4. The summed E-state index contributed by atoms with van der Waals surface area (Å²) in [5.74, 6) is 1.35. The van der Waals surface area contributed by atoms with Gasteiger partial charge in [0.1, 0.15) is 11.5 Å². The lowest BCUT2D eigenvalue weighted by atomic mass is 9.65. The van der Waals surface area contributed by atoms with E-state index in [1.165, 1.54) is 11.1 Å². The minimum Gasteiger partial charge on any atom is -0.497 e. The zero-order valence-electron chi connectivity index (χ0n) is 18.6. The summed E-state index contributed by atoms with van der Waals surface area (Å²) in [6.45, 7) is 6.52. The van der Waals surface area contributed by atoms with Crippen molar-refractivity contribution in [2.24, 2.45) is 0 Å². The van der Waals surface area contributed by atoms with Crippen molar-refractivity contribution < 1.29 is 14.3 Å². The predicted octanol–water partition coefficient (Wildman–Crippen LogP) is 5.60. The Morgan fingerprint density at radius 2 is 1.48 bits per heavy atom. The number of carbonyl (C=O) groups excluding carboxylic acids is 1. The van der Waals surface area contributed by atoms with Gasteiger partial charge in [-0.1, -0.05) is 55.5 Å². The van der Waals surface area contributed by atoms with E-state index >= 15 is 0 Å². The molecular formula is C27H29NO3. The number of ether oxygens (including phenoxy) is 2. The van der Waals surface area contributed by atoms with Crippen LogP contribution in [0.2, 0.25) is 0 Å². The standard InChI is InChI=1S/C27H29NO3/c1-26(2)19-27(3,20-10-6-5-7-11-20)23-12-8-9-13-24(23)28(26)25(29)18-31-22-16-14-21(30-4)15-17-22/h5-17H,18-19H2,1-4H3. The number of carbonyl (C=O) groups is 1. The second-order valence-corrected chi connectivity index (χ2v) is 8.90. The number of fused-ring (bicyclic) bond motifs is 1. The molecule has 1 aliphatic heterocycles. The Labute approximate surface area is 184 Å². The van der Waals surface area contributed by atoms with Gasteiger partial charge < -0.3 is 14.4 Å². The summed E-state index contributed by atoms with van der Waals surface area (Å²) in [6, 6.07) is 26.1. The average Bonchev–Trinajstić information content (AvgIpc) is 2.78. The molecule has 0 saturated carbocycles. The number of rotatable bonds is 5. The first-order valence-corrected chi connectivity index (χ1v) is 10.6. The van der Waals surface area contributed by atoms with Gasteiger partial charge in [-0.2, -0.15) is 0 Å². The molecule has 0 saturated heterocycles. The minimum absolute atomic E-state index is 0.0217. The Balaban J connectivity index is 1.65. The second kappa shape index (κ2) is 8.10. The smallest absolute Gasteiger partial charge is 0.265 e. The first-order chi connectivity index (χ1) is 14.8. The van der Waals surface area contributed by atoms with E-state index in [-0.39, 0.29) is 23.5 Å². The van der Waals surface area contributed by atoms with Crippen LogP contribution in [0.4, 0.5) is 5.69 Å². The quantitative estimate of drug-likeness (QED) is 0.545. The third kappa shape index (κ3) is 3.90. The van der Waals surface area contributed by atoms with Gasteiger partial charge in [-0.3, -0.25) is 4.79 Å². The molecule has 4 nitrogen and oxygen atoms in total. The molecule has 1 atom stereocenters. The fourth-order valence-electron chi connectivity index (χ4n) is 4.92. The molecule has 4 heteroatoms. The number of amides is 1. The van der Waals surface area contributed by atoms with Crippen molar-refractivity contribution in [3.8, 4) is 11.5 Å². The molecule has 0 fully saturated rings. The molecule has 31 heavy (non-hydrogen) atoms. The number of anilines is 1. The largest absolute Gasteiger partial charge is 0.497 e. The van der Waals surface area contributed by atoms with Crippen LogP contribution in [0.15, 0.2) is 78.9 Å². The van der Waals surface area contributed by atoms with Crippen molar-refractivity contribution in [1.82, 2.24) is 0 Å². The molecule has 0 aromatic heterocycles. The van der Waals surface area contributed by atoms with Gasteiger partial charge in [0, 0.05) is 16.6 Å². The molecule has 0 N–H and O–H groups in total. The van der Waals surface area contributed by atoms with Crippen molar-refractivity contribution in [2.45, 2.75) is 38.1 Å². The van der Waals surface area contributed by atoms with E-state index in [4.69, 9.17) is 9.47 Å². The molecule has 0 bridgehead atoms. The highest BCUT2D eigenvalue weighted by atomic mass is 16.5. The summed E-state index contributed by atoms with van der Waals surface area (Å²) >= 11 is 0. The number of benzene rings is 3. The number of para-hydroxylation sites is 1. The zero-order chi connectivity index (χ0) is 22.1. The van der Waals surface area contributed by atoms with Crippen LogP contribution in [0.3, 0.4) is 0 Å². The first-order valence-electron chi connectivity index (χ1n) is 10.6. The van der Waals surface area contributed by atoms with E-state index in [9.17, 15) is 4.79 Å². The van der Waals surface area contributed by atoms with Crippen LogP contribution in [-0.4, -0.2) is 25.2 Å². The van der Waals surface area contributed by atoms with Gasteiger partial charge in [0.05, 0.1) is 7.11 Å². The highest BCUT2D eigenvalue weighted by Crippen LogP contribution is 2.50. The molecule has 0 aliphatic carbocycles. The fourth-order valence-corrected chi connectivity index (χ4v) is 4.92. The van der Waals surface area contributed by atoms with Crippen molar-refractivity contribution in [1.29, 1.82) is 0 Å². The highest BCUT2D eigenvalue weighted by Gasteiger charge is 2.47. The van der Waals surface area contributed by atoms with Gasteiger partial charge >= 0.3 is 0 Å². The number of hydrogen-bond acceptors (Lipinski definition) is 3. The zero-order valence-corrected chi connectivity index (χ0v) is 18.6. The van der Waals surface area contributed by atoms with Crippen molar-refractivity contribution in [3.05, 3.63) is 90.0 Å². The maximum atomic E-state index is 13.4. The molecule has 3 aromatic carbocycles. The second-order valence-electron chi connectivity index (χ2n) is 8.90. The Kier molecular flexibility index (Phi) is 5.48. The van der Waals surface area contributed by atoms with Crippen LogP contribution in [0.25, 0.3) is 0 Å². The van der Waals surface area contributed by atoms with Gasteiger partial charge in [0.15, 0.2) is 6.61 Å². The molecule has 160 valence electrons. The molecule has 4 rings (SSSR count). The van der Waals surface area contributed by atoms with E-state index in [0.717, 1.165) is 17.9 Å². The Hall–Kier alpha value is -3.27. The molecule has 1 heterocycles. The van der Waals surface area contributed by atoms with E-state index in [1.807, 2.05) is 47.4 Å². The maximum absolute atomic E-state index is 13.4. The van der Waals surface area contributed by atoms with Crippen molar-refractivity contribution in [2.75, 3.05) is 18.6 Å². The average molecular weight is 416 g/mol. The van der Waals surface area contributed by atoms with Gasteiger partial charge in [0.25, 0.3) is 5.91 Å². The van der Waals surface area contributed by atoms with Gasteiger partial charge in [-0.25, -0.2) is 0 Å². The molecule has 0 spiro atoms. The van der Waals surface area contributed by atoms with E-state index in [1.54, 1.807) is 7.11 Å². The predicted molar refractivity (Wildman–Crippen MR) is 124 cm³/mol. The summed E-state index contributed by atoms with van der Waals surface area (Å²) in [5.41, 5.74) is 2.82. The van der Waals surface area contributed by atoms with E-state index < -0.39 is 0 Å². The van der Waals surface area contributed by atoms with Crippen molar-refractivity contribution in [3.63, 3.8) is 0 Å². The topological polar surface area (TPSA) is 38.8 Å². The lowest BCUT2D eigenvalue weighted by molar-refractivity contribution is -0.121. The van der Waals surface area contributed by atoms with Crippen LogP contribution in [0.1, 0.15) is 38.3 Å². The van der Waals surface area contributed by atoms with E-state index in [2.05, 4.69) is 57.2 Å². The monoisotopic (exact) mass is 415 g/mol. The molecular weight excluding hydrogens is 386 g/mol. The van der Waals surface area contributed by atoms with Crippen LogP contribution < -0.4 is 14.4 Å². The molecule has 1 aliphatic rings. The highest BCUT2D eigenvalue weighted by molar-refractivity contribution is 5.97. The first kappa shape index (κ1) is 21.0. The lowest BCUT2D eigenvalue weighted by Crippen LogP contribution is -2.57. The summed E-state index contributed by atoms with van der Waals surface area (Å²) in [4.78, 5) is 15.3.